The van der Waals surface area contributed by atoms with Gasteiger partial charge in [-0.15, -0.1) is 5.10 Å². The van der Waals surface area contributed by atoms with Crippen molar-refractivity contribution in [2.45, 2.75) is 20.4 Å². The molecule has 2 heterocycles. The summed E-state index contributed by atoms with van der Waals surface area (Å²) in [5, 5.41) is 11.4. The first-order chi connectivity index (χ1) is 12.6. The predicted molar refractivity (Wildman–Crippen MR) is 97.8 cm³/mol. The first-order valence-electron chi connectivity index (χ1n) is 8.23. The largest absolute Gasteiger partial charge is 0.336 e. The van der Waals surface area contributed by atoms with Gasteiger partial charge in [-0.2, -0.15) is 0 Å². The Morgan fingerprint density at radius 3 is 2.58 bits per heavy atom. The molecule has 26 heavy (non-hydrogen) atoms. The Labute approximate surface area is 149 Å². The summed E-state index contributed by atoms with van der Waals surface area (Å²) in [6.07, 6.45) is 1.42. The van der Waals surface area contributed by atoms with E-state index < -0.39 is 0 Å². The third-order valence-corrected chi connectivity index (χ3v) is 4.13. The van der Waals surface area contributed by atoms with Crippen molar-refractivity contribution in [1.82, 2.24) is 25.0 Å². The standard InChI is InChI=1S/C19H17FN6/c1-12-3-6-14(7-4-12)10-26-19-17(24-25-26)18(21-11-22-19)23-16-9-13(2)5-8-15(16)20/h3-9,11H,10H2,1-2H3,(H,21,22,23). The topological polar surface area (TPSA) is 68.5 Å². The maximum absolute atomic E-state index is 14.0. The van der Waals surface area contributed by atoms with Gasteiger partial charge in [0, 0.05) is 0 Å². The van der Waals surface area contributed by atoms with Gasteiger partial charge in [0.2, 0.25) is 0 Å². The molecule has 0 saturated carbocycles. The number of anilines is 2. The van der Waals surface area contributed by atoms with Crippen LogP contribution in [-0.4, -0.2) is 25.0 Å². The van der Waals surface area contributed by atoms with Crippen molar-refractivity contribution in [2.75, 3.05) is 5.32 Å². The molecule has 1 N–H and O–H groups in total. The lowest BCUT2D eigenvalue weighted by Crippen LogP contribution is -2.03. The highest BCUT2D eigenvalue weighted by atomic mass is 19.1. The monoisotopic (exact) mass is 348 g/mol. The molecule has 0 aliphatic rings. The van der Waals surface area contributed by atoms with Gasteiger partial charge in [-0.1, -0.05) is 41.1 Å². The minimum Gasteiger partial charge on any atom is -0.336 e. The first-order valence-corrected chi connectivity index (χ1v) is 8.23. The number of fused-ring (bicyclic) bond motifs is 1. The molecule has 7 heteroatoms. The van der Waals surface area contributed by atoms with E-state index in [2.05, 4.69) is 37.7 Å². The van der Waals surface area contributed by atoms with E-state index in [0.717, 1.165) is 11.1 Å². The quantitative estimate of drug-likeness (QED) is 0.608. The lowest BCUT2D eigenvalue weighted by molar-refractivity contribution is 0.631. The number of aromatic nitrogens is 5. The van der Waals surface area contributed by atoms with Crippen LogP contribution in [0.5, 0.6) is 0 Å². The zero-order valence-corrected chi connectivity index (χ0v) is 14.4. The van der Waals surface area contributed by atoms with E-state index in [9.17, 15) is 4.39 Å². The summed E-state index contributed by atoms with van der Waals surface area (Å²) < 4.78 is 15.7. The maximum Gasteiger partial charge on any atom is 0.184 e. The molecule has 0 unspecified atom stereocenters. The van der Waals surface area contributed by atoms with E-state index in [1.54, 1.807) is 16.8 Å². The number of nitrogens with one attached hydrogen (secondary N) is 1. The number of rotatable bonds is 4. The first kappa shape index (κ1) is 16.1. The lowest BCUT2D eigenvalue weighted by Gasteiger charge is -2.08. The van der Waals surface area contributed by atoms with Gasteiger partial charge in [-0.3, -0.25) is 0 Å². The van der Waals surface area contributed by atoms with Crippen LogP contribution >= 0.6 is 0 Å². The molecule has 0 radical (unpaired) electrons. The Morgan fingerprint density at radius 2 is 1.77 bits per heavy atom. The fraction of sp³-hybridized carbons (Fsp3) is 0.158. The van der Waals surface area contributed by atoms with Gasteiger partial charge in [0.05, 0.1) is 12.2 Å². The highest BCUT2D eigenvalue weighted by Gasteiger charge is 2.13. The van der Waals surface area contributed by atoms with E-state index in [-0.39, 0.29) is 5.82 Å². The third kappa shape index (κ3) is 3.11. The van der Waals surface area contributed by atoms with Crippen LogP contribution in [0.1, 0.15) is 16.7 Å². The molecule has 0 amide bonds. The molecule has 0 spiro atoms. The fourth-order valence-electron chi connectivity index (χ4n) is 2.72. The van der Waals surface area contributed by atoms with Crippen LogP contribution in [0.2, 0.25) is 0 Å². The van der Waals surface area contributed by atoms with E-state index in [1.165, 1.54) is 18.0 Å². The second-order valence-electron chi connectivity index (χ2n) is 6.24. The van der Waals surface area contributed by atoms with Crippen molar-refractivity contribution in [3.8, 4) is 0 Å². The summed E-state index contributed by atoms with van der Waals surface area (Å²) in [6, 6.07) is 13.1. The van der Waals surface area contributed by atoms with Gasteiger partial charge in [-0.05, 0) is 37.1 Å². The van der Waals surface area contributed by atoms with Crippen molar-refractivity contribution in [2.24, 2.45) is 0 Å². The molecule has 0 atom stereocenters. The molecule has 0 aliphatic carbocycles. The summed E-state index contributed by atoms with van der Waals surface area (Å²) in [4.78, 5) is 8.49. The summed E-state index contributed by atoms with van der Waals surface area (Å²) in [7, 11) is 0. The Morgan fingerprint density at radius 1 is 1.00 bits per heavy atom. The van der Waals surface area contributed by atoms with Crippen molar-refractivity contribution >= 4 is 22.7 Å². The van der Waals surface area contributed by atoms with Crippen LogP contribution in [0.4, 0.5) is 15.9 Å². The van der Waals surface area contributed by atoms with Crippen LogP contribution in [0.15, 0.2) is 48.8 Å². The molecular weight excluding hydrogens is 331 g/mol. The number of hydrogen-bond donors (Lipinski definition) is 1. The Bertz CT molecular complexity index is 1070. The van der Waals surface area contributed by atoms with Crippen molar-refractivity contribution in [3.05, 3.63) is 71.3 Å². The molecule has 0 bridgehead atoms. The van der Waals surface area contributed by atoms with Gasteiger partial charge >= 0.3 is 0 Å². The van der Waals surface area contributed by atoms with Gasteiger partial charge in [0.1, 0.15) is 12.1 Å². The fourth-order valence-corrected chi connectivity index (χ4v) is 2.72. The second kappa shape index (κ2) is 6.51. The predicted octanol–water partition coefficient (Wildman–Crippen LogP) is 3.77. The van der Waals surface area contributed by atoms with Crippen molar-refractivity contribution in [1.29, 1.82) is 0 Å². The van der Waals surface area contributed by atoms with Crippen LogP contribution < -0.4 is 5.32 Å². The van der Waals surface area contributed by atoms with E-state index in [1.807, 2.05) is 26.0 Å². The molecule has 0 fully saturated rings. The van der Waals surface area contributed by atoms with E-state index in [4.69, 9.17) is 0 Å². The molecule has 0 saturated heterocycles. The van der Waals surface area contributed by atoms with E-state index >= 15 is 0 Å². The Kier molecular flexibility index (Phi) is 4.04. The summed E-state index contributed by atoms with van der Waals surface area (Å²) >= 11 is 0. The minimum absolute atomic E-state index is 0.345. The summed E-state index contributed by atoms with van der Waals surface area (Å²) in [6.45, 7) is 4.49. The highest BCUT2D eigenvalue weighted by Crippen LogP contribution is 2.24. The van der Waals surface area contributed by atoms with Gasteiger partial charge in [0.25, 0.3) is 0 Å². The average molecular weight is 348 g/mol. The van der Waals surface area contributed by atoms with Crippen LogP contribution in [-0.2, 0) is 6.54 Å². The lowest BCUT2D eigenvalue weighted by atomic mass is 10.1. The van der Waals surface area contributed by atoms with Gasteiger partial charge in [-0.25, -0.2) is 19.0 Å². The molecular formula is C19H17FN6. The number of halogens is 1. The van der Waals surface area contributed by atoms with Gasteiger partial charge in [0.15, 0.2) is 17.0 Å². The zero-order valence-electron chi connectivity index (χ0n) is 14.4. The number of hydrogen-bond acceptors (Lipinski definition) is 5. The molecule has 2 aromatic heterocycles. The maximum atomic E-state index is 14.0. The van der Waals surface area contributed by atoms with Crippen LogP contribution in [0, 0.1) is 19.7 Å². The Hall–Kier alpha value is -3.35. The minimum atomic E-state index is -0.352. The summed E-state index contributed by atoms with van der Waals surface area (Å²) in [5.74, 6) is 0.0732. The average Bonchev–Trinajstić information content (AvgIpc) is 3.04. The number of nitrogens with zero attached hydrogens (tertiary/aromatic N) is 5. The normalized spacial score (nSPS) is 11.0. The summed E-state index contributed by atoms with van der Waals surface area (Å²) in [5.41, 5.74) is 4.68. The zero-order chi connectivity index (χ0) is 18.1. The third-order valence-electron chi connectivity index (χ3n) is 4.13. The smallest absolute Gasteiger partial charge is 0.184 e. The van der Waals surface area contributed by atoms with Gasteiger partial charge < -0.3 is 5.32 Å². The SMILES string of the molecule is Cc1ccc(Cn2nnc3c(Nc4cc(C)ccc4F)ncnc32)cc1. The molecule has 4 aromatic rings. The van der Waals surface area contributed by atoms with Crippen LogP contribution in [0.25, 0.3) is 11.2 Å². The van der Waals surface area contributed by atoms with E-state index in [0.29, 0.717) is 29.2 Å². The molecule has 2 aromatic carbocycles. The number of aryl methyl sites for hydroxylation is 2. The Balaban J connectivity index is 1.68. The van der Waals surface area contributed by atoms with Crippen molar-refractivity contribution in [3.63, 3.8) is 0 Å². The van der Waals surface area contributed by atoms with Crippen molar-refractivity contribution < 1.29 is 4.39 Å². The molecule has 6 nitrogen and oxygen atoms in total. The molecule has 130 valence electrons. The molecule has 0 aliphatic heterocycles. The molecule has 4 rings (SSSR count). The van der Waals surface area contributed by atoms with Crippen LogP contribution in [0.3, 0.4) is 0 Å². The number of benzene rings is 2. The second-order valence-corrected chi connectivity index (χ2v) is 6.24. The highest BCUT2D eigenvalue weighted by molar-refractivity contribution is 5.84.